The zero-order chi connectivity index (χ0) is 9.07. The molecule has 0 radical (unpaired) electrons. The van der Waals surface area contributed by atoms with Crippen molar-refractivity contribution in [3.8, 4) is 11.8 Å². The predicted molar refractivity (Wildman–Crippen MR) is 52.8 cm³/mol. The van der Waals surface area contributed by atoms with E-state index in [0.29, 0.717) is 0 Å². The Morgan fingerprint density at radius 3 is 2.75 bits per heavy atom. The Kier molecular flexibility index (Phi) is 9.63. The van der Waals surface area contributed by atoms with E-state index in [-0.39, 0.29) is 6.61 Å². The molecular weight excluding hydrogens is 148 g/mol. The molecule has 68 valence electrons. The van der Waals surface area contributed by atoms with Gasteiger partial charge in [-0.2, -0.15) is 0 Å². The summed E-state index contributed by atoms with van der Waals surface area (Å²) in [6, 6.07) is 0. The largest absolute Gasteiger partial charge is 0.392 e. The van der Waals surface area contributed by atoms with Crippen LogP contribution in [0.25, 0.3) is 0 Å². The molecule has 0 atom stereocenters. The number of aliphatic hydroxyl groups excluding tert-OH is 1. The fraction of sp³-hybridized carbons (Fsp3) is 0.636. The highest BCUT2D eigenvalue weighted by molar-refractivity contribution is 5.14. The molecule has 0 rings (SSSR count). The fourth-order valence-corrected chi connectivity index (χ4v) is 0.883. The van der Waals surface area contributed by atoms with E-state index in [1.54, 1.807) is 12.2 Å². The molecule has 1 nitrogen and oxygen atoms in total. The molecule has 0 saturated carbocycles. The summed E-state index contributed by atoms with van der Waals surface area (Å²) in [6.45, 7) is 2.29. The average Bonchev–Trinajstić information content (AvgIpc) is 2.10. The maximum Gasteiger partial charge on any atom is 0.0621 e. The zero-order valence-corrected chi connectivity index (χ0v) is 7.84. The Morgan fingerprint density at radius 1 is 1.25 bits per heavy atom. The molecule has 0 aromatic carbocycles. The van der Waals surface area contributed by atoms with Gasteiger partial charge in [-0.3, -0.25) is 0 Å². The van der Waals surface area contributed by atoms with E-state index in [2.05, 4.69) is 18.8 Å². The van der Waals surface area contributed by atoms with Crippen LogP contribution in [-0.2, 0) is 0 Å². The van der Waals surface area contributed by atoms with E-state index in [9.17, 15) is 0 Å². The van der Waals surface area contributed by atoms with Crippen LogP contribution in [0.4, 0.5) is 0 Å². The lowest BCUT2D eigenvalue weighted by Gasteiger charge is -1.91. The van der Waals surface area contributed by atoms with E-state index in [4.69, 9.17) is 5.11 Å². The van der Waals surface area contributed by atoms with E-state index in [0.717, 1.165) is 6.42 Å². The number of allylic oxidation sites excluding steroid dienone is 1. The lowest BCUT2D eigenvalue weighted by molar-refractivity contribution is 0.343. The second-order valence-electron chi connectivity index (χ2n) is 2.72. The first-order valence-electron chi connectivity index (χ1n) is 4.66. The molecule has 0 aromatic heterocycles. The molecular formula is C11H18O. The van der Waals surface area contributed by atoms with Crippen LogP contribution in [0.1, 0.15) is 39.0 Å². The summed E-state index contributed by atoms with van der Waals surface area (Å²) in [6.07, 6.45) is 9.42. The molecule has 0 unspecified atom stereocenters. The first kappa shape index (κ1) is 11.3. The third kappa shape index (κ3) is 9.26. The van der Waals surface area contributed by atoms with Crippen LogP contribution in [0.15, 0.2) is 12.2 Å². The van der Waals surface area contributed by atoms with Crippen molar-refractivity contribution in [3.63, 3.8) is 0 Å². The van der Waals surface area contributed by atoms with Crippen molar-refractivity contribution < 1.29 is 5.11 Å². The van der Waals surface area contributed by atoms with E-state index >= 15 is 0 Å². The minimum atomic E-state index is 0.0878. The normalized spacial score (nSPS) is 9.83. The molecule has 0 aliphatic carbocycles. The van der Waals surface area contributed by atoms with Gasteiger partial charge in [-0.15, -0.1) is 0 Å². The van der Waals surface area contributed by atoms with Crippen LogP contribution in [-0.4, -0.2) is 11.7 Å². The fourth-order valence-electron chi connectivity index (χ4n) is 0.883. The summed E-state index contributed by atoms with van der Waals surface area (Å²) in [5, 5.41) is 8.38. The zero-order valence-electron chi connectivity index (χ0n) is 7.84. The van der Waals surface area contributed by atoms with Gasteiger partial charge in [-0.1, -0.05) is 44.1 Å². The molecule has 0 heterocycles. The lowest BCUT2D eigenvalue weighted by atomic mass is 10.2. The van der Waals surface area contributed by atoms with Gasteiger partial charge in [0.05, 0.1) is 6.61 Å². The van der Waals surface area contributed by atoms with Crippen molar-refractivity contribution in [2.45, 2.75) is 39.0 Å². The van der Waals surface area contributed by atoms with Crippen LogP contribution in [0.2, 0.25) is 0 Å². The summed E-state index contributed by atoms with van der Waals surface area (Å²) in [4.78, 5) is 0. The van der Waals surface area contributed by atoms with Gasteiger partial charge >= 0.3 is 0 Å². The average molecular weight is 166 g/mol. The molecule has 0 aromatic rings. The first-order chi connectivity index (χ1) is 5.91. The lowest BCUT2D eigenvalue weighted by Crippen LogP contribution is -1.73. The SMILES string of the molecule is CCCCCCC#C/C=C/CO. The van der Waals surface area contributed by atoms with Gasteiger partial charge in [0, 0.05) is 6.42 Å². The highest BCUT2D eigenvalue weighted by Gasteiger charge is 1.82. The van der Waals surface area contributed by atoms with Crippen LogP contribution in [0.3, 0.4) is 0 Å². The summed E-state index contributed by atoms with van der Waals surface area (Å²) in [7, 11) is 0. The molecule has 1 N–H and O–H groups in total. The maximum atomic E-state index is 8.38. The Morgan fingerprint density at radius 2 is 2.08 bits per heavy atom. The monoisotopic (exact) mass is 166 g/mol. The van der Waals surface area contributed by atoms with Gasteiger partial charge in [0.1, 0.15) is 0 Å². The van der Waals surface area contributed by atoms with Crippen LogP contribution >= 0.6 is 0 Å². The molecule has 0 spiro atoms. The molecule has 12 heavy (non-hydrogen) atoms. The van der Waals surface area contributed by atoms with Crippen molar-refractivity contribution in [1.82, 2.24) is 0 Å². The standard InChI is InChI=1S/C11H18O/c1-2-3-4-5-6-7-8-9-10-11-12/h9-10,12H,2-6,11H2,1H3/b10-9+. The molecule has 0 fully saturated rings. The Hall–Kier alpha value is -0.740. The Balaban J connectivity index is 3.15. The van der Waals surface area contributed by atoms with Crippen molar-refractivity contribution >= 4 is 0 Å². The minimum Gasteiger partial charge on any atom is -0.392 e. The Bertz CT molecular complexity index is 160. The van der Waals surface area contributed by atoms with E-state index < -0.39 is 0 Å². The third-order valence-corrected chi connectivity index (χ3v) is 1.56. The number of aliphatic hydroxyl groups is 1. The third-order valence-electron chi connectivity index (χ3n) is 1.56. The van der Waals surface area contributed by atoms with Crippen LogP contribution in [0, 0.1) is 11.8 Å². The molecule has 0 amide bonds. The van der Waals surface area contributed by atoms with Gasteiger partial charge in [-0.05, 0) is 12.5 Å². The second-order valence-corrected chi connectivity index (χ2v) is 2.72. The smallest absolute Gasteiger partial charge is 0.0621 e. The maximum absolute atomic E-state index is 8.38. The highest BCUT2D eigenvalue weighted by atomic mass is 16.2. The van der Waals surface area contributed by atoms with Gasteiger partial charge in [0.2, 0.25) is 0 Å². The van der Waals surface area contributed by atoms with Gasteiger partial charge < -0.3 is 5.11 Å². The first-order valence-corrected chi connectivity index (χ1v) is 4.66. The molecule has 0 aliphatic rings. The van der Waals surface area contributed by atoms with E-state index in [1.165, 1.54) is 25.7 Å². The van der Waals surface area contributed by atoms with Gasteiger partial charge in [0.25, 0.3) is 0 Å². The second kappa shape index (κ2) is 10.3. The molecule has 1 heteroatoms. The molecule has 0 saturated heterocycles. The number of hydrogen-bond acceptors (Lipinski definition) is 1. The number of hydrogen-bond donors (Lipinski definition) is 1. The van der Waals surface area contributed by atoms with Crippen LogP contribution < -0.4 is 0 Å². The minimum absolute atomic E-state index is 0.0878. The van der Waals surface area contributed by atoms with Crippen LogP contribution in [0.5, 0.6) is 0 Å². The van der Waals surface area contributed by atoms with Gasteiger partial charge in [-0.25, -0.2) is 0 Å². The number of rotatable bonds is 5. The van der Waals surface area contributed by atoms with Crippen molar-refractivity contribution in [2.24, 2.45) is 0 Å². The summed E-state index contributed by atoms with van der Waals surface area (Å²) in [5.74, 6) is 5.90. The number of unbranched alkanes of at least 4 members (excludes halogenated alkanes) is 4. The topological polar surface area (TPSA) is 20.2 Å². The van der Waals surface area contributed by atoms with Gasteiger partial charge in [0.15, 0.2) is 0 Å². The van der Waals surface area contributed by atoms with Crippen molar-refractivity contribution in [3.05, 3.63) is 12.2 Å². The predicted octanol–water partition coefficient (Wildman–Crippen LogP) is 2.51. The summed E-state index contributed by atoms with van der Waals surface area (Å²) in [5.41, 5.74) is 0. The van der Waals surface area contributed by atoms with Crippen molar-refractivity contribution in [1.29, 1.82) is 0 Å². The summed E-state index contributed by atoms with van der Waals surface area (Å²) >= 11 is 0. The molecule has 0 aliphatic heterocycles. The Labute approximate surface area is 75.5 Å². The highest BCUT2D eigenvalue weighted by Crippen LogP contribution is 2.00. The molecule has 0 bridgehead atoms. The van der Waals surface area contributed by atoms with E-state index in [1.807, 2.05) is 0 Å². The quantitative estimate of drug-likeness (QED) is 0.491. The van der Waals surface area contributed by atoms with Crippen molar-refractivity contribution in [2.75, 3.05) is 6.61 Å². The summed E-state index contributed by atoms with van der Waals surface area (Å²) < 4.78 is 0.